The van der Waals surface area contributed by atoms with Crippen LogP contribution in [0.4, 0.5) is 0 Å². The van der Waals surface area contributed by atoms with Crippen LogP contribution in [0.25, 0.3) is 0 Å². The summed E-state index contributed by atoms with van der Waals surface area (Å²) >= 11 is 3.53. The van der Waals surface area contributed by atoms with Crippen LogP contribution >= 0.6 is 44.3 Å². The van der Waals surface area contributed by atoms with Crippen molar-refractivity contribution in [3.63, 3.8) is 0 Å². The minimum absolute atomic E-state index is 0.196. The standard InChI is InChI=1S/C16H24N2S4/c1-15(2,13-17-7-11-19-13)5-9-21-22-10-6-16(3,4)14-18-8-12-20-14/h7-8,11-12H,5-6,9-10H2,1-4H3. The van der Waals surface area contributed by atoms with Crippen molar-refractivity contribution >= 4 is 44.3 Å². The molecule has 22 heavy (non-hydrogen) atoms. The van der Waals surface area contributed by atoms with E-state index < -0.39 is 0 Å². The Kier molecular flexibility index (Phi) is 6.80. The van der Waals surface area contributed by atoms with Gasteiger partial charge in [-0.05, 0) is 12.8 Å². The van der Waals surface area contributed by atoms with Gasteiger partial charge in [0.2, 0.25) is 0 Å². The SMILES string of the molecule is CC(C)(CCSSCCC(C)(C)c1nccs1)c1nccs1. The highest BCUT2D eigenvalue weighted by molar-refractivity contribution is 8.76. The summed E-state index contributed by atoms with van der Waals surface area (Å²) in [5, 5.41) is 6.64. The van der Waals surface area contributed by atoms with Gasteiger partial charge in [-0.3, -0.25) is 0 Å². The molecule has 0 amide bonds. The summed E-state index contributed by atoms with van der Waals surface area (Å²) in [5.41, 5.74) is 0.393. The third-order valence-electron chi connectivity index (χ3n) is 3.73. The highest BCUT2D eigenvalue weighted by atomic mass is 33.1. The van der Waals surface area contributed by atoms with Gasteiger partial charge in [0, 0.05) is 45.5 Å². The van der Waals surface area contributed by atoms with E-state index in [1.54, 1.807) is 22.7 Å². The smallest absolute Gasteiger partial charge is 0.0981 e. The van der Waals surface area contributed by atoms with Crippen LogP contribution < -0.4 is 0 Å². The van der Waals surface area contributed by atoms with Crippen molar-refractivity contribution in [2.45, 2.75) is 51.4 Å². The van der Waals surface area contributed by atoms with E-state index in [0.29, 0.717) is 0 Å². The van der Waals surface area contributed by atoms with Crippen molar-refractivity contribution in [1.29, 1.82) is 0 Å². The van der Waals surface area contributed by atoms with Crippen molar-refractivity contribution in [3.05, 3.63) is 33.2 Å². The van der Waals surface area contributed by atoms with E-state index in [9.17, 15) is 0 Å². The quantitative estimate of drug-likeness (QED) is 0.397. The molecule has 0 saturated carbocycles. The van der Waals surface area contributed by atoms with Gasteiger partial charge in [0.05, 0.1) is 10.0 Å². The zero-order valence-electron chi connectivity index (χ0n) is 13.7. The molecule has 2 aromatic heterocycles. The Morgan fingerprint density at radius 3 is 1.55 bits per heavy atom. The number of aromatic nitrogens is 2. The molecule has 0 aliphatic carbocycles. The molecule has 0 atom stereocenters. The molecule has 2 rings (SSSR count). The zero-order valence-corrected chi connectivity index (χ0v) is 16.9. The largest absolute Gasteiger partial charge is 0.249 e. The topological polar surface area (TPSA) is 25.8 Å². The Morgan fingerprint density at radius 2 is 1.23 bits per heavy atom. The first-order valence-corrected chi connectivity index (χ1v) is 11.7. The van der Waals surface area contributed by atoms with Gasteiger partial charge in [0.15, 0.2) is 0 Å². The van der Waals surface area contributed by atoms with E-state index in [-0.39, 0.29) is 10.8 Å². The van der Waals surface area contributed by atoms with Gasteiger partial charge in [0.25, 0.3) is 0 Å². The maximum atomic E-state index is 4.46. The lowest BCUT2D eigenvalue weighted by molar-refractivity contribution is 0.507. The predicted octanol–water partition coefficient (Wildman–Crippen LogP) is 6.02. The third kappa shape index (κ3) is 5.25. The Labute approximate surface area is 150 Å². The van der Waals surface area contributed by atoms with Gasteiger partial charge in [-0.15, -0.1) is 22.7 Å². The highest BCUT2D eigenvalue weighted by Gasteiger charge is 2.24. The first-order chi connectivity index (χ1) is 10.4. The summed E-state index contributed by atoms with van der Waals surface area (Å²) in [6.45, 7) is 9.18. The molecule has 122 valence electrons. The molecule has 2 nitrogen and oxygen atoms in total. The molecular weight excluding hydrogens is 348 g/mol. The lowest BCUT2D eigenvalue weighted by atomic mass is 9.91. The molecule has 2 aromatic rings. The molecule has 0 bridgehead atoms. The lowest BCUT2D eigenvalue weighted by Gasteiger charge is -2.22. The van der Waals surface area contributed by atoms with E-state index >= 15 is 0 Å². The van der Waals surface area contributed by atoms with Crippen LogP contribution in [0.5, 0.6) is 0 Å². The molecule has 6 heteroatoms. The van der Waals surface area contributed by atoms with Gasteiger partial charge in [-0.25, -0.2) is 9.97 Å². The van der Waals surface area contributed by atoms with Crippen LogP contribution in [0.1, 0.15) is 50.6 Å². The van der Waals surface area contributed by atoms with Crippen molar-refractivity contribution in [2.75, 3.05) is 11.5 Å². The highest BCUT2D eigenvalue weighted by Crippen LogP contribution is 2.35. The molecule has 0 N–H and O–H groups in total. The fourth-order valence-electron chi connectivity index (χ4n) is 2.04. The average Bonchev–Trinajstić information content (AvgIpc) is 3.15. The fourth-order valence-corrected chi connectivity index (χ4v) is 6.26. The van der Waals surface area contributed by atoms with Crippen molar-refractivity contribution in [1.82, 2.24) is 9.97 Å². The van der Waals surface area contributed by atoms with Gasteiger partial charge in [-0.1, -0.05) is 49.3 Å². The van der Waals surface area contributed by atoms with Crippen LogP contribution in [-0.2, 0) is 10.8 Å². The fraction of sp³-hybridized carbons (Fsp3) is 0.625. The molecule has 0 aliphatic rings. The van der Waals surface area contributed by atoms with Crippen molar-refractivity contribution in [3.8, 4) is 0 Å². The number of rotatable bonds is 9. The molecule has 0 unspecified atom stereocenters. The van der Waals surface area contributed by atoms with E-state index in [1.165, 1.54) is 34.4 Å². The number of nitrogens with zero attached hydrogens (tertiary/aromatic N) is 2. The predicted molar refractivity (Wildman–Crippen MR) is 104 cm³/mol. The Morgan fingerprint density at radius 1 is 0.818 bits per heavy atom. The zero-order chi connectivity index (χ0) is 16.1. The molecule has 0 aromatic carbocycles. The van der Waals surface area contributed by atoms with E-state index in [1.807, 2.05) is 34.0 Å². The molecular formula is C16H24N2S4. The normalized spacial score (nSPS) is 12.7. The van der Waals surface area contributed by atoms with E-state index in [4.69, 9.17) is 0 Å². The Hall–Kier alpha value is -0.0400. The van der Waals surface area contributed by atoms with Gasteiger partial charge < -0.3 is 0 Å². The maximum Gasteiger partial charge on any atom is 0.0981 e. The minimum atomic E-state index is 0.196. The summed E-state index contributed by atoms with van der Waals surface area (Å²) in [4.78, 5) is 8.92. The molecule has 0 spiro atoms. The van der Waals surface area contributed by atoms with Crippen LogP contribution in [0.3, 0.4) is 0 Å². The minimum Gasteiger partial charge on any atom is -0.249 e. The second-order valence-corrected chi connectivity index (χ2v) is 11.1. The summed E-state index contributed by atoms with van der Waals surface area (Å²) in [5.74, 6) is 2.35. The summed E-state index contributed by atoms with van der Waals surface area (Å²) < 4.78 is 0. The molecule has 0 saturated heterocycles. The second kappa shape index (κ2) is 8.18. The van der Waals surface area contributed by atoms with Crippen LogP contribution in [-0.4, -0.2) is 21.5 Å². The van der Waals surface area contributed by atoms with Gasteiger partial charge >= 0.3 is 0 Å². The van der Waals surface area contributed by atoms with Crippen LogP contribution in [0.15, 0.2) is 23.2 Å². The van der Waals surface area contributed by atoms with Crippen LogP contribution in [0.2, 0.25) is 0 Å². The average molecular weight is 373 g/mol. The van der Waals surface area contributed by atoms with E-state index in [0.717, 1.165) is 0 Å². The summed E-state index contributed by atoms with van der Waals surface area (Å²) in [6, 6.07) is 0. The van der Waals surface area contributed by atoms with Crippen molar-refractivity contribution < 1.29 is 0 Å². The number of hydrogen-bond acceptors (Lipinski definition) is 6. The molecule has 0 fully saturated rings. The Bertz CT molecular complexity index is 482. The monoisotopic (exact) mass is 372 g/mol. The lowest BCUT2D eigenvalue weighted by Crippen LogP contribution is -2.18. The third-order valence-corrected chi connectivity index (χ3v) is 8.41. The number of thiazole rings is 2. The van der Waals surface area contributed by atoms with E-state index in [2.05, 4.69) is 48.4 Å². The van der Waals surface area contributed by atoms with Gasteiger partial charge in [0.1, 0.15) is 0 Å². The molecule has 2 heterocycles. The molecule has 0 aliphatic heterocycles. The van der Waals surface area contributed by atoms with Crippen molar-refractivity contribution in [2.24, 2.45) is 0 Å². The summed E-state index contributed by atoms with van der Waals surface area (Å²) in [7, 11) is 3.98. The first kappa shape index (κ1) is 18.3. The summed E-state index contributed by atoms with van der Waals surface area (Å²) in [6.07, 6.45) is 6.16. The Balaban J connectivity index is 1.64. The van der Waals surface area contributed by atoms with Gasteiger partial charge in [-0.2, -0.15) is 0 Å². The molecule has 0 radical (unpaired) electrons. The first-order valence-electron chi connectivity index (χ1n) is 7.46. The second-order valence-electron chi connectivity index (χ2n) is 6.59. The van der Waals surface area contributed by atoms with Crippen LogP contribution in [0, 0.1) is 0 Å². The number of hydrogen-bond donors (Lipinski definition) is 0. The maximum absolute atomic E-state index is 4.46.